The highest BCUT2D eigenvalue weighted by molar-refractivity contribution is 5.86. The molecule has 0 radical (unpaired) electrons. The van der Waals surface area contributed by atoms with Crippen LogP contribution in [0.4, 0.5) is 10.5 Å². The summed E-state index contributed by atoms with van der Waals surface area (Å²) in [5, 5.41) is 2.79. The predicted molar refractivity (Wildman–Crippen MR) is 88.1 cm³/mol. The molecule has 1 rings (SSSR count). The second-order valence-corrected chi connectivity index (χ2v) is 6.86. The Hall–Kier alpha value is -1.62. The Kier molecular flexibility index (Phi) is 6.35. The normalized spacial score (nSPS) is 13.1. The van der Waals surface area contributed by atoms with Gasteiger partial charge in [-0.3, -0.25) is 10.3 Å². The van der Waals surface area contributed by atoms with Crippen LogP contribution in [0.1, 0.15) is 58.8 Å². The molecule has 0 bridgehead atoms. The summed E-state index contributed by atoms with van der Waals surface area (Å²) >= 11 is 0. The molecule has 5 heteroatoms. The fraction of sp³-hybridized carbons (Fsp3) is 0.647. The van der Waals surface area contributed by atoms with Gasteiger partial charge < -0.3 is 9.47 Å². The van der Waals surface area contributed by atoms with Gasteiger partial charge in [0.1, 0.15) is 5.60 Å². The van der Waals surface area contributed by atoms with Crippen LogP contribution in [0, 0.1) is 5.92 Å². The molecule has 1 unspecified atom stereocenters. The second-order valence-electron chi connectivity index (χ2n) is 6.86. The molecular formula is C17H28N2O3. The number of anilines is 1. The lowest BCUT2D eigenvalue weighted by Gasteiger charge is -2.23. The summed E-state index contributed by atoms with van der Waals surface area (Å²) < 4.78 is 10.8. The van der Waals surface area contributed by atoms with Crippen molar-refractivity contribution in [3.05, 3.63) is 23.5 Å². The number of hydrogen-bond acceptors (Lipinski definition) is 4. The molecule has 22 heavy (non-hydrogen) atoms. The van der Waals surface area contributed by atoms with E-state index in [1.165, 1.54) is 0 Å². The third-order valence-corrected chi connectivity index (χ3v) is 3.09. The zero-order valence-electron chi connectivity index (χ0n) is 14.7. The summed E-state index contributed by atoms with van der Waals surface area (Å²) in [4.78, 5) is 16.3. The smallest absolute Gasteiger partial charge is 0.412 e. The van der Waals surface area contributed by atoms with Crippen LogP contribution < -0.4 is 5.32 Å². The van der Waals surface area contributed by atoms with Crippen molar-refractivity contribution in [2.45, 2.75) is 59.7 Å². The summed E-state index contributed by atoms with van der Waals surface area (Å²) in [6.07, 6.45) is 3.73. The highest BCUT2D eigenvalue weighted by Gasteiger charge is 2.21. The fourth-order valence-electron chi connectivity index (χ4n) is 2.23. The first-order valence-corrected chi connectivity index (χ1v) is 7.63. The van der Waals surface area contributed by atoms with Crippen molar-refractivity contribution in [3.8, 4) is 0 Å². The van der Waals surface area contributed by atoms with E-state index in [1.807, 2.05) is 33.9 Å². The molecule has 0 aliphatic carbocycles. The van der Waals surface area contributed by atoms with Gasteiger partial charge in [-0.15, -0.1) is 0 Å². The molecule has 5 nitrogen and oxygen atoms in total. The summed E-state index contributed by atoms with van der Waals surface area (Å²) in [6.45, 7) is 11.7. The van der Waals surface area contributed by atoms with Crippen LogP contribution in [0.2, 0.25) is 0 Å². The van der Waals surface area contributed by atoms with Crippen molar-refractivity contribution in [1.29, 1.82) is 0 Å². The van der Waals surface area contributed by atoms with Crippen LogP contribution in [0.3, 0.4) is 0 Å². The van der Waals surface area contributed by atoms with Crippen molar-refractivity contribution in [1.82, 2.24) is 4.98 Å². The molecule has 1 N–H and O–H groups in total. The lowest BCUT2D eigenvalue weighted by atomic mass is 9.96. The molecule has 0 aliphatic rings. The topological polar surface area (TPSA) is 60.5 Å². The van der Waals surface area contributed by atoms with Gasteiger partial charge in [-0.05, 0) is 45.6 Å². The maximum Gasteiger partial charge on any atom is 0.412 e. The van der Waals surface area contributed by atoms with E-state index in [-0.39, 0.29) is 6.10 Å². The van der Waals surface area contributed by atoms with E-state index in [4.69, 9.17) is 9.47 Å². The molecular weight excluding hydrogens is 280 g/mol. The van der Waals surface area contributed by atoms with Crippen molar-refractivity contribution in [2.75, 3.05) is 12.4 Å². The molecule has 1 aromatic rings. The van der Waals surface area contributed by atoms with Crippen molar-refractivity contribution < 1.29 is 14.3 Å². The van der Waals surface area contributed by atoms with E-state index in [2.05, 4.69) is 24.1 Å². The summed E-state index contributed by atoms with van der Waals surface area (Å²) in [6, 6.07) is 0. The number of rotatable bonds is 5. The molecule has 1 heterocycles. The Morgan fingerprint density at radius 2 is 1.91 bits per heavy atom. The number of carbonyl (C=O) groups excluding carboxylic acids is 1. The molecule has 0 spiro atoms. The Labute approximate surface area is 133 Å². The predicted octanol–water partition coefficient (Wildman–Crippen LogP) is 4.33. The summed E-state index contributed by atoms with van der Waals surface area (Å²) in [5.74, 6) is 0.487. The first-order valence-electron chi connectivity index (χ1n) is 7.63. The number of carbonyl (C=O) groups is 1. The Morgan fingerprint density at radius 3 is 2.41 bits per heavy atom. The quantitative estimate of drug-likeness (QED) is 0.879. The van der Waals surface area contributed by atoms with Crippen molar-refractivity contribution in [3.63, 3.8) is 0 Å². The van der Waals surface area contributed by atoms with E-state index in [0.29, 0.717) is 11.6 Å². The van der Waals surface area contributed by atoms with Gasteiger partial charge in [-0.1, -0.05) is 13.8 Å². The van der Waals surface area contributed by atoms with Gasteiger partial charge in [-0.25, -0.2) is 4.79 Å². The monoisotopic (exact) mass is 308 g/mol. The minimum atomic E-state index is -0.542. The maximum atomic E-state index is 12.0. The average Bonchev–Trinajstić information content (AvgIpc) is 2.35. The molecule has 0 aliphatic heterocycles. The minimum Gasteiger partial charge on any atom is -0.444 e. The molecule has 0 saturated heterocycles. The number of nitrogens with one attached hydrogen (secondary N) is 1. The molecule has 0 fully saturated rings. The van der Waals surface area contributed by atoms with Gasteiger partial charge in [0.15, 0.2) is 0 Å². The van der Waals surface area contributed by atoms with Gasteiger partial charge in [0.25, 0.3) is 0 Å². The highest BCUT2D eigenvalue weighted by Crippen LogP contribution is 2.29. The van der Waals surface area contributed by atoms with Crippen LogP contribution in [0.5, 0.6) is 0 Å². The molecule has 0 saturated carbocycles. The summed E-state index contributed by atoms with van der Waals surface area (Å²) in [7, 11) is 1.65. The Morgan fingerprint density at radius 1 is 1.27 bits per heavy atom. The lowest BCUT2D eigenvalue weighted by Crippen LogP contribution is -2.28. The lowest BCUT2D eigenvalue weighted by molar-refractivity contribution is 0.0635. The number of amides is 1. The van der Waals surface area contributed by atoms with E-state index >= 15 is 0 Å². The van der Waals surface area contributed by atoms with Crippen LogP contribution >= 0.6 is 0 Å². The van der Waals surface area contributed by atoms with Crippen LogP contribution in [0.25, 0.3) is 0 Å². The van der Waals surface area contributed by atoms with Gasteiger partial charge in [-0.2, -0.15) is 0 Å². The van der Waals surface area contributed by atoms with Crippen LogP contribution in [0.15, 0.2) is 12.4 Å². The minimum absolute atomic E-state index is 0.137. The van der Waals surface area contributed by atoms with E-state index in [0.717, 1.165) is 17.5 Å². The van der Waals surface area contributed by atoms with E-state index < -0.39 is 11.7 Å². The molecule has 1 aromatic heterocycles. The van der Waals surface area contributed by atoms with E-state index in [1.54, 1.807) is 13.3 Å². The van der Waals surface area contributed by atoms with Crippen molar-refractivity contribution in [2.24, 2.45) is 5.92 Å². The standard InChI is InChI=1S/C17H28N2O3/c1-11(2)8-13-9-18-10-14(15(13)12(3)21-7)19-16(20)22-17(4,5)6/h9-12H,8H2,1-7H3,(H,19,20). The highest BCUT2D eigenvalue weighted by atomic mass is 16.6. The van der Waals surface area contributed by atoms with E-state index in [9.17, 15) is 4.79 Å². The molecule has 1 atom stereocenters. The molecule has 124 valence electrons. The number of hydrogen-bond donors (Lipinski definition) is 1. The number of methoxy groups -OCH3 is 1. The first-order chi connectivity index (χ1) is 10.1. The average molecular weight is 308 g/mol. The SMILES string of the molecule is COC(C)c1c(CC(C)C)cncc1NC(=O)OC(C)(C)C. The van der Waals surface area contributed by atoms with Crippen LogP contribution in [-0.4, -0.2) is 23.8 Å². The Balaban J connectivity index is 3.10. The zero-order chi connectivity index (χ0) is 16.9. The van der Waals surface area contributed by atoms with Gasteiger partial charge >= 0.3 is 6.09 Å². The third kappa shape index (κ3) is 5.64. The van der Waals surface area contributed by atoms with Gasteiger partial charge in [0.05, 0.1) is 18.0 Å². The number of aromatic nitrogens is 1. The van der Waals surface area contributed by atoms with Gasteiger partial charge in [0, 0.05) is 18.9 Å². The maximum absolute atomic E-state index is 12.0. The molecule has 0 aromatic carbocycles. The molecule has 1 amide bonds. The Bertz CT molecular complexity index is 507. The van der Waals surface area contributed by atoms with Crippen LogP contribution in [-0.2, 0) is 15.9 Å². The zero-order valence-corrected chi connectivity index (χ0v) is 14.7. The first kappa shape index (κ1) is 18.4. The van der Waals surface area contributed by atoms with Gasteiger partial charge in [0.2, 0.25) is 0 Å². The summed E-state index contributed by atoms with van der Waals surface area (Å²) in [5.41, 5.74) is 2.14. The number of nitrogens with zero attached hydrogens (tertiary/aromatic N) is 1. The number of pyridine rings is 1. The largest absolute Gasteiger partial charge is 0.444 e. The fourth-order valence-corrected chi connectivity index (χ4v) is 2.23. The third-order valence-electron chi connectivity index (χ3n) is 3.09. The van der Waals surface area contributed by atoms with Crippen molar-refractivity contribution >= 4 is 11.8 Å². The number of ether oxygens (including phenoxy) is 2. The second kappa shape index (κ2) is 7.58.